The lowest BCUT2D eigenvalue weighted by atomic mass is 10.1. The maximum atomic E-state index is 11.5. The van der Waals surface area contributed by atoms with Gasteiger partial charge < -0.3 is 14.8 Å². The van der Waals surface area contributed by atoms with Gasteiger partial charge in [0.05, 0.1) is 0 Å². The molecule has 0 amide bonds. The largest absolute Gasteiger partial charge is 0.486 e. The van der Waals surface area contributed by atoms with Crippen molar-refractivity contribution in [1.29, 1.82) is 0 Å². The highest BCUT2D eigenvalue weighted by atomic mass is 16.6. The molecule has 6 nitrogen and oxygen atoms in total. The molecular formula is C16H19N3O3. The first-order valence-electron chi connectivity index (χ1n) is 7.49. The molecule has 0 bridgehead atoms. The Kier molecular flexibility index (Phi) is 4.58. The van der Waals surface area contributed by atoms with Gasteiger partial charge in [-0.3, -0.25) is 4.79 Å². The number of aryl methyl sites for hydroxylation is 1. The molecule has 1 aromatic heterocycles. The van der Waals surface area contributed by atoms with Crippen molar-refractivity contribution in [2.45, 2.75) is 19.3 Å². The number of hydrogen-bond donors (Lipinski definition) is 2. The standard InChI is InChI=1S/C16H19N3O3/c20-16-13(7-9-18-19-16)17-8-2-1-4-12-5-3-6-14-15(12)22-11-10-21-14/h3,5-7,9H,1-2,4,8,10-11H2,(H,17,18)(H,19,20). The summed E-state index contributed by atoms with van der Waals surface area (Å²) in [5, 5.41) is 9.19. The van der Waals surface area contributed by atoms with Crippen LogP contribution >= 0.6 is 0 Å². The predicted octanol–water partition coefficient (Wildman–Crippen LogP) is 1.98. The lowest BCUT2D eigenvalue weighted by Gasteiger charge is -2.20. The summed E-state index contributed by atoms with van der Waals surface area (Å²) < 4.78 is 11.3. The van der Waals surface area contributed by atoms with Crippen molar-refractivity contribution >= 4 is 5.69 Å². The van der Waals surface area contributed by atoms with Crippen LogP contribution in [0.25, 0.3) is 0 Å². The molecule has 1 aliphatic rings. The molecule has 0 fully saturated rings. The number of ether oxygens (including phenoxy) is 2. The molecule has 0 radical (unpaired) electrons. The quantitative estimate of drug-likeness (QED) is 0.798. The Morgan fingerprint density at radius 3 is 3.00 bits per heavy atom. The molecule has 0 atom stereocenters. The lowest BCUT2D eigenvalue weighted by Crippen LogP contribution is -2.17. The lowest BCUT2D eigenvalue weighted by molar-refractivity contribution is 0.170. The minimum atomic E-state index is -0.190. The third-order valence-corrected chi connectivity index (χ3v) is 3.56. The molecule has 6 heteroatoms. The van der Waals surface area contributed by atoms with Crippen LogP contribution in [-0.2, 0) is 6.42 Å². The summed E-state index contributed by atoms with van der Waals surface area (Å²) >= 11 is 0. The molecule has 1 aromatic carbocycles. The van der Waals surface area contributed by atoms with Gasteiger partial charge in [-0.05, 0) is 37.0 Å². The van der Waals surface area contributed by atoms with Crippen LogP contribution in [0.15, 0.2) is 35.3 Å². The van der Waals surface area contributed by atoms with E-state index >= 15 is 0 Å². The zero-order chi connectivity index (χ0) is 15.2. The fraction of sp³-hybridized carbons (Fsp3) is 0.375. The van der Waals surface area contributed by atoms with E-state index in [1.54, 1.807) is 12.3 Å². The van der Waals surface area contributed by atoms with Gasteiger partial charge >= 0.3 is 0 Å². The Labute approximate surface area is 128 Å². The Morgan fingerprint density at radius 1 is 1.18 bits per heavy atom. The minimum Gasteiger partial charge on any atom is -0.486 e. The number of aromatic amines is 1. The average molecular weight is 301 g/mol. The van der Waals surface area contributed by atoms with E-state index in [1.807, 2.05) is 12.1 Å². The average Bonchev–Trinajstić information content (AvgIpc) is 2.56. The first-order chi connectivity index (χ1) is 10.8. The van der Waals surface area contributed by atoms with Crippen molar-refractivity contribution in [2.75, 3.05) is 25.1 Å². The van der Waals surface area contributed by atoms with Gasteiger partial charge in [0, 0.05) is 12.7 Å². The summed E-state index contributed by atoms with van der Waals surface area (Å²) in [6.07, 6.45) is 4.47. The summed E-state index contributed by atoms with van der Waals surface area (Å²) in [7, 11) is 0. The van der Waals surface area contributed by atoms with Crippen molar-refractivity contribution in [3.63, 3.8) is 0 Å². The summed E-state index contributed by atoms with van der Waals surface area (Å²) in [4.78, 5) is 11.5. The van der Waals surface area contributed by atoms with Crippen LogP contribution in [0, 0.1) is 0 Å². The van der Waals surface area contributed by atoms with E-state index in [1.165, 1.54) is 5.56 Å². The van der Waals surface area contributed by atoms with Crippen LogP contribution in [-0.4, -0.2) is 30.0 Å². The Hall–Kier alpha value is -2.50. The van der Waals surface area contributed by atoms with E-state index in [2.05, 4.69) is 21.6 Å². The zero-order valence-corrected chi connectivity index (χ0v) is 12.3. The Balaban J connectivity index is 1.48. The number of nitrogens with zero attached hydrogens (tertiary/aromatic N) is 1. The van der Waals surface area contributed by atoms with Crippen LogP contribution in [0.3, 0.4) is 0 Å². The molecule has 0 saturated heterocycles. The van der Waals surface area contributed by atoms with Crippen LogP contribution in [0.2, 0.25) is 0 Å². The molecule has 0 aliphatic carbocycles. The molecule has 2 N–H and O–H groups in total. The number of fused-ring (bicyclic) bond motifs is 1. The number of benzene rings is 1. The van der Waals surface area contributed by atoms with E-state index in [4.69, 9.17) is 9.47 Å². The molecule has 0 spiro atoms. The van der Waals surface area contributed by atoms with Gasteiger partial charge in [0.2, 0.25) is 0 Å². The summed E-state index contributed by atoms with van der Waals surface area (Å²) in [6.45, 7) is 1.97. The summed E-state index contributed by atoms with van der Waals surface area (Å²) in [6, 6.07) is 7.69. The first-order valence-corrected chi connectivity index (χ1v) is 7.49. The molecule has 2 heterocycles. The highest BCUT2D eigenvalue weighted by Crippen LogP contribution is 2.34. The predicted molar refractivity (Wildman–Crippen MR) is 83.7 cm³/mol. The first kappa shape index (κ1) is 14.4. The molecule has 0 unspecified atom stereocenters. The van der Waals surface area contributed by atoms with Gasteiger partial charge in [-0.15, -0.1) is 0 Å². The van der Waals surface area contributed by atoms with Crippen molar-refractivity contribution < 1.29 is 9.47 Å². The molecule has 116 valence electrons. The third kappa shape index (κ3) is 3.39. The van der Waals surface area contributed by atoms with Crippen LogP contribution in [0.1, 0.15) is 18.4 Å². The van der Waals surface area contributed by atoms with Gasteiger partial charge in [0.1, 0.15) is 18.9 Å². The number of rotatable bonds is 6. The van der Waals surface area contributed by atoms with Crippen molar-refractivity contribution in [1.82, 2.24) is 10.2 Å². The number of nitrogens with one attached hydrogen (secondary N) is 2. The van der Waals surface area contributed by atoms with Crippen LogP contribution in [0.4, 0.5) is 5.69 Å². The maximum absolute atomic E-state index is 11.5. The smallest absolute Gasteiger partial charge is 0.287 e. The zero-order valence-electron chi connectivity index (χ0n) is 12.3. The van der Waals surface area contributed by atoms with Gasteiger partial charge in [0.15, 0.2) is 11.5 Å². The number of aromatic nitrogens is 2. The second kappa shape index (κ2) is 6.98. The van der Waals surface area contributed by atoms with Crippen molar-refractivity contribution in [3.05, 3.63) is 46.4 Å². The fourth-order valence-corrected chi connectivity index (χ4v) is 2.48. The van der Waals surface area contributed by atoms with Gasteiger partial charge in [0.25, 0.3) is 5.56 Å². The second-order valence-electron chi connectivity index (χ2n) is 5.12. The maximum Gasteiger partial charge on any atom is 0.287 e. The molecule has 0 saturated carbocycles. The fourth-order valence-electron chi connectivity index (χ4n) is 2.48. The van der Waals surface area contributed by atoms with Gasteiger partial charge in [-0.25, -0.2) is 5.10 Å². The Bertz CT molecular complexity index is 684. The third-order valence-electron chi connectivity index (χ3n) is 3.56. The highest BCUT2D eigenvalue weighted by molar-refractivity contribution is 5.47. The SMILES string of the molecule is O=c1[nH]nccc1NCCCCc1cccc2c1OCCO2. The topological polar surface area (TPSA) is 76.2 Å². The number of anilines is 1. The minimum absolute atomic E-state index is 0.190. The monoisotopic (exact) mass is 301 g/mol. The number of para-hydroxylation sites is 1. The van der Waals surface area contributed by atoms with Gasteiger partial charge in [-0.1, -0.05) is 12.1 Å². The van der Waals surface area contributed by atoms with Crippen LogP contribution < -0.4 is 20.3 Å². The van der Waals surface area contributed by atoms with E-state index in [0.29, 0.717) is 18.9 Å². The summed E-state index contributed by atoms with van der Waals surface area (Å²) in [5.74, 6) is 1.72. The molecule has 22 heavy (non-hydrogen) atoms. The van der Waals surface area contributed by atoms with Gasteiger partial charge in [-0.2, -0.15) is 5.10 Å². The van der Waals surface area contributed by atoms with E-state index in [9.17, 15) is 4.79 Å². The molecule has 3 rings (SSSR count). The summed E-state index contributed by atoms with van der Waals surface area (Å²) in [5.41, 5.74) is 1.55. The molecular weight excluding hydrogens is 282 g/mol. The number of hydrogen-bond acceptors (Lipinski definition) is 5. The van der Waals surface area contributed by atoms with Crippen molar-refractivity contribution in [2.24, 2.45) is 0 Å². The highest BCUT2D eigenvalue weighted by Gasteiger charge is 2.14. The Morgan fingerprint density at radius 2 is 2.09 bits per heavy atom. The van der Waals surface area contributed by atoms with E-state index in [0.717, 1.165) is 37.3 Å². The van der Waals surface area contributed by atoms with E-state index in [-0.39, 0.29) is 5.56 Å². The number of H-pyrrole nitrogens is 1. The number of unbranched alkanes of at least 4 members (excludes halogenated alkanes) is 1. The van der Waals surface area contributed by atoms with E-state index < -0.39 is 0 Å². The molecule has 2 aromatic rings. The normalized spacial score (nSPS) is 12.9. The van der Waals surface area contributed by atoms with Crippen LogP contribution in [0.5, 0.6) is 11.5 Å². The molecule has 1 aliphatic heterocycles. The van der Waals surface area contributed by atoms with Crippen molar-refractivity contribution in [3.8, 4) is 11.5 Å². The second-order valence-corrected chi connectivity index (χ2v) is 5.12.